The van der Waals surface area contributed by atoms with Crippen molar-refractivity contribution in [1.82, 2.24) is 9.88 Å². The summed E-state index contributed by atoms with van der Waals surface area (Å²) in [6, 6.07) is 13.6. The first-order valence-corrected chi connectivity index (χ1v) is 12.7. The number of ether oxygens (including phenoxy) is 2. The third-order valence-corrected chi connectivity index (χ3v) is 7.17. The van der Waals surface area contributed by atoms with Crippen LogP contribution in [0, 0.1) is 11.3 Å². The zero-order chi connectivity index (χ0) is 25.5. The van der Waals surface area contributed by atoms with Gasteiger partial charge in [-0.1, -0.05) is 25.1 Å². The summed E-state index contributed by atoms with van der Waals surface area (Å²) in [5, 5.41) is 13.3. The first-order valence-electron chi connectivity index (χ1n) is 11.9. The summed E-state index contributed by atoms with van der Waals surface area (Å²) in [4.78, 5) is 32.0. The number of carbonyl (C=O) groups is 2. The van der Waals surface area contributed by atoms with Gasteiger partial charge in [-0.25, -0.2) is 4.79 Å². The summed E-state index contributed by atoms with van der Waals surface area (Å²) in [7, 11) is 0. The van der Waals surface area contributed by atoms with Crippen LogP contribution in [0.3, 0.4) is 0 Å². The number of amides is 2. The van der Waals surface area contributed by atoms with Crippen LogP contribution in [-0.4, -0.2) is 35.0 Å². The van der Waals surface area contributed by atoms with Gasteiger partial charge in [-0.2, -0.15) is 5.26 Å². The molecule has 0 spiro atoms. The van der Waals surface area contributed by atoms with Crippen LogP contribution in [0.4, 0.5) is 9.80 Å². The van der Waals surface area contributed by atoms with Gasteiger partial charge in [-0.05, 0) is 54.2 Å². The van der Waals surface area contributed by atoms with E-state index in [1.54, 1.807) is 29.4 Å². The molecule has 2 aromatic heterocycles. The molecule has 1 aromatic carbocycles. The van der Waals surface area contributed by atoms with Gasteiger partial charge in [0.15, 0.2) is 0 Å². The van der Waals surface area contributed by atoms with E-state index in [0.29, 0.717) is 36.7 Å². The minimum Gasteiger partial charge on any atom is -0.494 e. The van der Waals surface area contributed by atoms with Gasteiger partial charge in [0.1, 0.15) is 23.4 Å². The fourth-order valence-electron chi connectivity index (χ4n) is 4.22. The molecule has 186 valence electrons. The van der Waals surface area contributed by atoms with E-state index >= 15 is 0 Å². The molecule has 3 heterocycles. The Morgan fingerprint density at radius 1 is 1.25 bits per heavy atom. The van der Waals surface area contributed by atoms with Crippen LogP contribution >= 0.6 is 11.3 Å². The van der Waals surface area contributed by atoms with E-state index in [9.17, 15) is 14.9 Å². The highest BCUT2D eigenvalue weighted by Crippen LogP contribution is 2.37. The van der Waals surface area contributed by atoms with E-state index in [4.69, 9.17) is 9.47 Å². The SMILES string of the molecule is CCOc1ccccc1C(C)CC(=O)Nc1sc2c(c1C#N)CCN(C(=O)OCc1ccncc1)C2. The third-order valence-electron chi connectivity index (χ3n) is 6.03. The molecular formula is C27H28N4O4S. The molecule has 36 heavy (non-hydrogen) atoms. The van der Waals surface area contributed by atoms with E-state index in [1.165, 1.54) is 11.3 Å². The molecule has 1 aliphatic rings. The maximum Gasteiger partial charge on any atom is 0.410 e. The van der Waals surface area contributed by atoms with E-state index in [2.05, 4.69) is 16.4 Å². The molecule has 0 radical (unpaired) electrons. The molecular weight excluding hydrogens is 476 g/mol. The molecule has 1 atom stereocenters. The van der Waals surface area contributed by atoms with Crippen LogP contribution in [-0.2, 0) is 29.1 Å². The van der Waals surface area contributed by atoms with Crippen molar-refractivity contribution in [2.45, 2.75) is 45.8 Å². The van der Waals surface area contributed by atoms with Crippen LogP contribution < -0.4 is 10.1 Å². The Morgan fingerprint density at radius 3 is 2.78 bits per heavy atom. The second-order valence-corrected chi connectivity index (χ2v) is 9.63. The number of para-hydroxylation sites is 1. The Bertz CT molecular complexity index is 1270. The van der Waals surface area contributed by atoms with Crippen molar-refractivity contribution in [3.8, 4) is 11.8 Å². The van der Waals surface area contributed by atoms with E-state index in [-0.39, 0.29) is 24.9 Å². The maximum absolute atomic E-state index is 12.9. The second kappa shape index (κ2) is 11.7. The highest BCUT2D eigenvalue weighted by atomic mass is 32.1. The van der Waals surface area contributed by atoms with Crippen molar-refractivity contribution in [2.75, 3.05) is 18.5 Å². The molecule has 0 saturated carbocycles. The van der Waals surface area contributed by atoms with Crippen LogP contribution in [0.1, 0.15) is 53.3 Å². The van der Waals surface area contributed by atoms with E-state index < -0.39 is 6.09 Å². The Balaban J connectivity index is 1.40. The lowest BCUT2D eigenvalue weighted by Crippen LogP contribution is -2.35. The summed E-state index contributed by atoms with van der Waals surface area (Å²) < 4.78 is 11.1. The fourth-order valence-corrected chi connectivity index (χ4v) is 5.45. The van der Waals surface area contributed by atoms with Gasteiger partial charge >= 0.3 is 6.09 Å². The summed E-state index contributed by atoms with van der Waals surface area (Å²) >= 11 is 1.35. The average Bonchev–Trinajstić information content (AvgIpc) is 3.24. The molecule has 0 fully saturated rings. The van der Waals surface area contributed by atoms with Gasteiger partial charge in [0.05, 0.1) is 18.7 Å². The summed E-state index contributed by atoms with van der Waals surface area (Å²) in [6.07, 6.45) is 3.69. The molecule has 0 saturated heterocycles. The zero-order valence-electron chi connectivity index (χ0n) is 20.3. The molecule has 3 aromatic rings. The Kier molecular flexibility index (Phi) is 8.18. The number of nitrogens with zero attached hydrogens (tertiary/aromatic N) is 3. The first-order chi connectivity index (χ1) is 17.5. The number of fused-ring (bicyclic) bond motifs is 1. The Labute approximate surface area is 214 Å². The number of pyridine rings is 1. The predicted octanol–water partition coefficient (Wildman–Crippen LogP) is 5.24. The molecule has 1 unspecified atom stereocenters. The topological polar surface area (TPSA) is 105 Å². The smallest absolute Gasteiger partial charge is 0.410 e. The van der Waals surface area contributed by atoms with Crippen LogP contribution in [0.15, 0.2) is 48.8 Å². The fraction of sp³-hybridized carbons (Fsp3) is 0.333. The molecule has 0 aliphatic carbocycles. The van der Waals surface area contributed by atoms with Gasteiger partial charge in [-0.15, -0.1) is 11.3 Å². The largest absolute Gasteiger partial charge is 0.494 e. The molecule has 8 nitrogen and oxygen atoms in total. The lowest BCUT2D eigenvalue weighted by atomic mass is 9.96. The minimum atomic E-state index is -0.406. The summed E-state index contributed by atoms with van der Waals surface area (Å²) in [5.74, 6) is 0.552. The number of carbonyl (C=O) groups excluding carboxylic acids is 2. The van der Waals surface area contributed by atoms with E-state index in [0.717, 1.165) is 27.3 Å². The number of thiophene rings is 1. The standard InChI is InChI=1S/C27H28N4O4S/c1-3-34-23-7-5-4-6-20(23)18(2)14-25(32)30-26-22(15-28)21-10-13-31(16-24(21)36-26)27(33)35-17-19-8-11-29-12-9-19/h4-9,11-12,18H,3,10,13-14,16-17H2,1-2H3,(H,30,32). The normalized spacial score (nSPS) is 13.3. The Hall–Kier alpha value is -3.90. The van der Waals surface area contributed by atoms with Crippen molar-refractivity contribution in [2.24, 2.45) is 0 Å². The Morgan fingerprint density at radius 2 is 2.03 bits per heavy atom. The lowest BCUT2D eigenvalue weighted by molar-refractivity contribution is -0.116. The van der Waals surface area contributed by atoms with Gasteiger partial charge in [0.25, 0.3) is 0 Å². The molecule has 0 bridgehead atoms. The number of aromatic nitrogens is 1. The molecule has 1 aliphatic heterocycles. The molecule has 4 rings (SSSR count). The van der Waals surface area contributed by atoms with Crippen molar-refractivity contribution < 1.29 is 19.1 Å². The first kappa shape index (κ1) is 25.2. The van der Waals surface area contributed by atoms with E-state index in [1.807, 2.05) is 38.1 Å². The van der Waals surface area contributed by atoms with Gasteiger partial charge in [0.2, 0.25) is 5.91 Å². The van der Waals surface area contributed by atoms with Crippen LogP contribution in [0.25, 0.3) is 0 Å². The summed E-state index contributed by atoms with van der Waals surface area (Å²) in [5.41, 5.74) is 3.21. The number of benzene rings is 1. The summed E-state index contributed by atoms with van der Waals surface area (Å²) in [6.45, 7) is 5.43. The minimum absolute atomic E-state index is 0.0569. The number of rotatable bonds is 8. The van der Waals surface area contributed by atoms with Crippen molar-refractivity contribution in [1.29, 1.82) is 5.26 Å². The zero-order valence-corrected chi connectivity index (χ0v) is 21.1. The molecule has 2 amide bonds. The van der Waals surface area contributed by atoms with Crippen LogP contribution in [0.5, 0.6) is 5.75 Å². The van der Waals surface area contributed by atoms with Gasteiger partial charge < -0.3 is 19.7 Å². The molecule has 1 N–H and O–H groups in total. The van der Waals surface area contributed by atoms with Crippen molar-refractivity contribution >= 4 is 28.3 Å². The lowest BCUT2D eigenvalue weighted by Gasteiger charge is -2.26. The van der Waals surface area contributed by atoms with Gasteiger partial charge in [-0.3, -0.25) is 9.78 Å². The predicted molar refractivity (Wildman–Crippen MR) is 137 cm³/mol. The highest BCUT2D eigenvalue weighted by Gasteiger charge is 2.28. The number of hydrogen-bond donors (Lipinski definition) is 1. The van der Waals surface area contributed by atoms with Crippen molar-refractivity contribution in [3.63, 3.8) is 0 Å². The van der Waals surface area contributed by atoms with Crippen molar-refractivity contribution in [3.05, 3.63) is 75.9 Å². The number of hydrogen-bond acceptors (Lipinski definition) is 7. The van der Waals surface area contributed by atoms with Crippen LogP contribution in [0.2, 0.25) is 0 Å². The average molecular weight is 505 g/mol. The third kappa shape index (κ3) is 5.83. The number of nitrogens with one attached hydrogen (secondary N) is 1. The number of anilines is 1. The molecule has 9 heteroatoms. The maximum atomic E-state index is 12.9. The number of nitriles is 1. The monoisotopic (exact) mass is 504 g/mol. The quantitative estimate of drug-likeness (QED) is 0.450. The highest BCUT2D eigenvalue weighted by molar-refractivity contribution is 7.16. The second-order valence-electron chi connectivity index (χ2n) is 8.53. The van der Waals surface area contributed by atoms with Gasteiger partial charge in [0, 0.05) is 30.2 Å².